The van der Waals surface area contributed by atoms with E-state index in [0.717, 1.165) is 30.5 Å². The number of carbonyl (C=O) groups is 3. The molecule has 2 amide bonds. The number of carbonyl (C=O) groups excluding carboxylic acids is 2. The first-order valence-corrected chi connectivity index (χ1v) is 9.55. The molecular weight excluding hydrogens is 382 g/mol. The molecule has 8 heteroatoms. The number of halogens is 1. The van der Waals surface area contributed by atoms with Crippen LogP contribution in [-0.2, 0) is 20.8 Å². The number of likely N-dealkylation sites (tertiary alicyclic amines) is 1. The fourth-order valence-electron chi connectivity index (χ4n) is 4.45. The number of hydrogen-bond donors (Lipinski definition) is 3. The molecule has 2 atom stereocenters. The Morgan fingerprint density at radius 1 is 1.25 bits per heavy atom. The van der Waals surface area contributed by atoms with Gasteiger partial charge in [-0.15, -0.1) is 12.4 Å². The van der Waals surface area contributed by atoms with Crippen molar-refractivity contribution in [3.63, 3.8) is 0 Å². The monoisotopic (exact) mass is 409 g/mol. The Morgan fingerprint density at radius 3 is 2.68 bits per heavy atom. The third kappa shape index (κ3) is 4.64. The highest BCUT2D eigenvalue weighted by atomic mass is 35.5. The lowest BCUT2D eigenvalue weighted by Gasteiger charge is -2.23. The Balaban J connectivity index is 0.00000280. The zero-order chi connectivity index (χ0) is 19.4. The fraction of sp³-hybridized carbons (Fsp3) is 0.550. The summed E-state index contributed by atoms with van der Waals surface area (Å²) in [5, 5.41) is 15.1. The molecule has 1 aromatic carbocycles. The van der Waals surface area contributed by atoms with Gasteiger partial charge in [0.15, 0.2) is 0 Å². The second kappa shape index (κ2) is 9.39. The summed E-state index contributed by atoms with van der Waals surface area (Å²) in [6.45, 7) is 3.09. The number of fused-ring (bicyclic) bond motifs is 1. The summed E-state index contributed by atoms with van der Waals surface area (Å²) in [7, 11) is 0. The van der Waals surface area contributed by atoms with Crippen LogP contribution >= 0.6 is 12.4 Å². The first-order chi connectivity index (χ1) is 12.9. The van der Waals surface area contributed by atoms with Gasteiger partial charge in [0, 0.05) is 18.8 Å². The van der Waals surface area contributed by atoms with E-state index < -0.39 is 11.4 Å². The number of carboxylic acids is 1. The van der Waals surface area contributed by atoms with E-state index >= 15 is 0 Å². The van der Waals surface area contributed by atoms with E-state index in [9.17, 15) is 19.5 Å². The molecule has 154 valence electrons. The molecule has 0 radical (unpaired) electrons. The van der Waals surface area contributed by atoms with E-state index in [1.54, 1.807) is 0 Å². The van der Waals surface area contributed by atoms with Crippen LogP contribution in [0.4, 0.5) is 5.69 Å². The van der Waals surface area contributed by atoms with Crippen molar-refractivity contribution >= 4 is 35.9 Å². The van der Waals surface area contributed by atoms with Crippen molar-refractivity contribution < 1.29 is 19.5 Å². The number of anilines is 1. The molecule has 28 heavy (non-hydrogen) atoms. The summed E-state index contributed by atoms with van der Waals surface area (Å²) in [4.78, 5) is 37.9. The highest BCUT2D eigenvalue weighted by Gasteiger charge is 2.54. The smallest absolute Gasteiger partial charge is 0.311 e. The third-order valence-corrected chi connectivity index (χ3v) is 5.85. The molecule has 7 nitrogen and oxygen atoms in total. The number of aryl methyl sites for hydroxylation is 1. The maximum atomic E-state index is 12.2. The zero-order valence-corrected chi connectivity index (χ0v) is 16.9. The number of nitrogens with zero attached hydrogens (tertiary/aromatic N) is 1. The van der Waals surface area contributed by atoms with Crippen LogP contribution in [0.5, 0.6) is 0 Å². The van der Waals surface area contributed by atoms with Crippen molar-refractivity contribution in [1.29, 1.82) is 0 Å². The third-order valence-electron chi connectivity index (χ3n) is 5.85. The molecule has 0 spiro atoms. The van der Waals surface area contributed by atoms with Crippen LogP contribution in [0.25, 0.3) is 0 Å². The molecule has 1 saturated heterocycles. The van der Waals surface area contributed by atoms with Gasteiger partial charge in [0.05, 0.1) is 18.5 Å². The number of aliphatic carboxylic acids is 1. The minimum Gasteiger partial charge on any atom is -0.481 e. The number of amides is 2. The lowest BCUT2D eigenvalue weighted by molar-refractivity contribution is -0.149. The number of hydrogen-bond acceptors (Lipinski definition) is 4. The van der Waals surface area contributed by atoms with E-state index in [4.69, 9.17) is 0 Å². The summed E-state index contributed by atoms with van der Waals surface area (Å²) in [5.74, 6) is -1.16. The van der Waals surface area contributed by atoms with Gasteiger partial charge in [-0.25, -0.2) is 0 Å². The largest absolute Gasteiger partial charge is 0.481 e. The molecule has 0 unspecified atom stereocenters. The molecule has 1 aromatic rings. The number of para-hydroxylation sites is 1. The van der Waals surface area contributed by atoms with Gasteiger partial charge in [0.25, 0.3) is 0 Å². The molecule has 2 aliphatic rings. The quantitative estimate of drug-likeness (QED) is 0.639. The second-order valence-electron chi connectivity index (χ2n) is 7.56. The summed E-state index contributed by atoms with van der Waals surface area (Å²) in [6.07, 6.45) is 3.34. The molecule has 3 N–H and O–H groups in total. The highest BCUT2D eigenvalue weighted by molar-refractivity contribution is 5.95. The molecule has 1 aliphatic carbocycles. The van der Waals surface area contributed by atoms with Gasteiger partial charge < -0.3 is 15.7 Å². The molecule has 0 aromatic heterocycles. The molecule has 0 bridgehead atoms. The number of benzene rings is 1. The van der Waals surface area contributed by atoms with Crippen molar-refractivity contribution in [3.8, 4) is 0 Å². The minimum absolute atomic E-state index is 0. The predicted molar refractivity (Wildman–Crippen MR) is 109 cm³/mol. The first kappa shape index (κ1) is 22.2. The standard InChI is InChI=1S/C20H27N3O4.ClH/c1-2-14-6-3-4-8-16(14)22-17(24)10-21-18(25)12-23-11-15-7-5-9-20(15,13-23)19(26)27;/h3-4,6,8,15H,2,5,7,9-13H2,1H3,(H,21,25)(H,22,24)(H,26,27);1H/t15-,20+;/m0./s1. The predicted octanol–water partition coefficient (Wildman–Crippen LogP) is 1.91. The number of carboxylic acid groups (broad SMARTS) is 1. The average molecular weight is 410 g/mol. The van der Waals surface area contributed by atoms with Crippen LogP contribution in [0.3, 0.4) is 0 Å². The lowest BCUT2D eigenvalue weighted by atomic mass is 9.81. The van der Waals surface area contributed by atoms with Crippen molar-refractivity contribution in [3.05, 3.63) is 29.8 Å². The van der Waals surface area contributed by atoms with Crippen LogP contribution in [0, 0.1) is 11.3 Å². The second-order valence-corrected chi connectivity index (χ2v) is 7.56. The average Bonchev–Trinajstić information content (AvgIpc) is 3.18. The van der Waals surface area contributed by atoms with Crippen molar-refractivity contribution in [2.75, 3.05) is 31.5 Å². The first-order valence-electron chi connectivity index (χ1n) is 9.55. The van der Waals surface area contributed by atoms with Gasteiger partial charge in [-0.2, -0.15) is 0 Å². The Kier molecular flexibility index (Phi) is 7.43. The Morgan fingerprint density at radius 2 is 2.00 bits per heavy atom. The lowest BCUT2D eigenvalue weighted by Crippen LogP contribution is -2.41. The fourth-order valence-corrected chi connectivity index (χ4v) is 4.45. The van der Waals surface area contributed by atoms with E-state index in [-0.39, 0.29) is 43.2 Å². The normalized spacial score (nSPS) is 23.5. The van der Waals surface area contributed by atoms with Crippen LogP contribution < -0.4 is 10.6 Å². The zero-order valence-electron chi connectivity index (χ0n) is 16.1. The van der Waals surface area contributed by atoms with Crippen LogP contribution in [0.1, 0.15) is 31.7 Å². The Bertz CT molecular complexity index is 742. The number of nitrogens with one attached hydrogen (secondary N) is 2. The van der Waals surface area contributed by atoms with Gasteiger partial charge in [-0.3, -0.25) is 19.3 Å². The van der Waals surface area contributed by atoms with Gasteiger partial charge in [-0.1, -0.05) is 31.5 Å². The van der Waals surface area contributed by atoms with Gasteiger partial charge in [0.2, 0.25) is 11.8 Å². The van der Waals surface area contributed by atoms with Gasteiger partial charge in [-0.05, 0) is 36.8 Å². The van der Waals surface area contributed by atoms with E-state index in [1.807, 2.05) is 36.1 Å². The van der Waals surface area contributed by atoms with Crippen LogP contribution in [-0.4, -0.2) is 54.0 Å². The van der Waals surface area contributed by atoms with E-state index in [0.29, 0.717) is 19.5 Å². The van der Waals surface area contributed by atoms with Crippen molar-refractivity contribution in [1.82, 2.24) is 10.2 Å². The summed E-state index contributed by atoms with van der Waals surface area (Å²) in [5.41, 5.74) is 1.11. The molecule has 3 rings (SSSR count). The van der Waals surface area contributed by atoms with E-state index in [1.165, 1.54) is 0 Å². The highest BCUT2D eigenvalue weighted by Crippen LogP contribution is 2.48. The molecular formula is C20H28ClN3O4. The molecule has 2 fully saturated rings. The summed E-state index contributed by atoms with van der Waals surface area (Å²) >= 11 is 0. The summed E-state index contributed by atoms with van der Waals surface area (Å²) in [6, 6.07) is 7.57. The molecule has 1 heterocycles. The Labute approximate surface area is 171 Å². The number of rotatable bonds is 7. The SMILES string of the molecule is CCc1ccccc1NC(=O)CNC(=O)CN1C[C@@H]2CCC[C@@]2(C(=O)O)C1.Cl. The topological polar surface area (TPSA) is 98.7 Å². The maximum absolute atomic E-state index is 12.2. The van der Waals surface area contributed by atoms with Crippen LogP contribution in [0.2, 0.25) is 0 Å². The van der Waals surface area contributed by atoms with Gasteiger partial charge >= 0.3 is 5.97 Å². The minimum atomic E-state index is -0.748. The van der Waals surface area contributed by atoms with E-state index in [2.05, 4.69) is 10.6 Å². The van der Waals surface area contributed by atoms with Crippen molar-refractivity contribution in [2.45, 2.75) is 32.6 Å². The Hall–Kier alpha value is -2.12. The molecule has 1 saturated carbocycles. The van der Waals surface area contributed by atoms with Gasteiger partial charge in [0.1, 0.15) is 0 Å². The van der Waals surface area contributed by atoms with Crippen molar-refractivity contribution in [2.24, 2.45) is 11.3 Å². The molecule has 1 aliphatic heterocycles. The maximum Gasteiger partial charge on any atom is 0.311 e. The summed E-state index contributed by atoms with van der Waals surface area (Å²) < 4.78 is 0. The van der Waals surface area contributed by atoms with Crippen LogP contribution in [0.15, 0.2) is 24.3 Å².